The van der Waals surface area contributed by atoms with E-state index in [4.69, 9.17) is 18.9 Å². The van der Waals surface area contributed by atoms with Gasteiger partial charge in [-0.3, -0.25) is 9.59 Å². The Hall–Kier alpha value is -2.20. The molecular weight excluding hydrogens is 444 g/mol. The van der Waals surface area contributed by atoms with E-state index in [1.54, 1.807) is 45.0 Å². The summed E-state index contributed by atoms with van der Waals surface area (Å²) in [5.74, 6) is -1.59. The van der Waals surface area contributed by atoms with Gasteiger partial charge in [0.25, 0.3) is 0 Å². The third-order valence-electron chi connectivity index (χ3n) is 7.98. The Balaban J connectivity index is 2.01. The molecule has 3 aliphatic rings. The Morgan fingerprint density at radius 3 is 2.12 bits per heavy atom. The lowest BCUT2D eigenvalue weighted by atomic mass is 9.46. The predicted octanol–water partition coefficient (Wildman–Crippen LogP) is 1.36. The second-order valence-electron chi connectivity index (χ2n) is 10.7. The summed E-state index contributed by atoms with van der Waals surface area (Å²) in [5.41, 5.74) is -6.07. The largest absolute Gasteiger partial charge is 0.486 e. The molecule has 3 fully saturated rings. The lowest BCUT2D eigenvalue weighted by molar-refractivity contribution is -0.348. The fourth-order valence-corrected chi connectivity index (χ4v) is 6.91. The van der Waals surface area contributed by atoms with E-state index in [0.717, 1.165) is 0 Å². The molecular formula is C25H34O9. The number of aliphatic hydroxyl groups is 3. The van der Waals surface area contributed by atoms with Crippen LogP contribution in [0.1, 0.15) is 48.0 Å². The van der Waals surface area contributed by atoms with Crippen LogP contribution in [0.25, 0.3) is 0 Å². The van der Waals surface area contributed by atoms with Crippen molar-refractivity contribution in [2.75, 3.05) is 0 Å². The molecule has 9 unspecified atom stereocenters. The molecule has 1 heterocycles. The van der Waals surface area contributed by atoms with Crippen LogP contribution in [0, 0.1) is 11.3 Å². The number of hydrogen-bond donors (Lipinski definition) is 3. The molecule has 4 rings (SSSR count). The number of fused-ring (bicyclic) bond motifs is 1. The number of aliphatic hydroxyl groups excluding tert-OH is 2. The van der Waals surface area contributed by atoms with Gasteiger partial charge in [-0.15, -0.1) is 0 Å². The maximum absolute atomic E-state index is 12.2. The van der Waals surface area contributed by atoms with Gasteiger partial charge >= 0.3 is 11.9 Å². The highest BCUT2D eigenvalue weighted by atomic mass is 16.6. The van der Waals surface area contributed by atoms with E-state index in [1.807, 2.05) is 6.07 Å². The molecule has 0 amide bonds. The van der Waals surface area contributed by atoms with Crippen molar-refractivity contribution < 1.29 is 43.9 Å². The van der Waals surface area contributed by atoms with Crippen molar-refractivity contribution in [3.63, 3.8) is 0 Å². The summed E-state index contributed by atoms with van der Waals surface area (Å²) < 4.78 is 24.4. The first-order chi connectivity index (χ1) is 15.7. The number of carbonyl (C=O) groups is 2. The molecule has 1 aromatic rings. The average Bonchev–Trinajstić information content (AvgIpc) is 2.90. The van der Waals surface area contributed by atoms with Gasteiger partial charge in [0, 0.05) is 20.3 Å². The zero-order valence-electron chi connectivity index (χ0n) is 20.3. The van der Waals surface area contributed by atoms with E-state index in [0.29, 0.717) is 5.75 Å². The highest BCUT2D eigenvalue weighted by molar-refractivity contribution is 5.67. The molecule has 1 aromatic carbocycles. The minimum atomic E-state index is -1.75. The first-order valence-corrected chi connectivity index (χ1v) is 11.5. The van der Waals surface area contributed by atoms with Gasteiger partial charge in [0.1, 0.15) is 29.7 Å². The normalized spacial score (nSPS) is 44.6. The van der Waals surface area contributed by atoms with Gasteiger partial charge in [-0.2, -0.15) is 0 Å². The minimum absolute atomic E-state index is 0.212. The van der Waals surface area contributed by atoms with Crippen LogP contribution in [0.3, 0.4) is 0 Å². The molecule has 34 heavy (non-hydrogen) atoms. The molecule has 9 nitrogen and oxygen atoms in total. The molecule has 1 saturated heterocycles. The molecule has 2 aliphatic carbocycles. The number of hydrogen-bond acceptors (Lipinski definition) is 9. The predicted molar refractivity (Wildman–Crippen MR) is 119 cm³/mol. The molecule has 1 aliphatic heterocycles. The lowest BCUT2D eigenvalue weighted by Gasteiger charge is -2.65. The average molecular weight is 479 g/mol. The second-order valence-corrected chi connectivity index (χ2v) is 10.7. The summed E-state index contributed by atoms with van der Waals surface area (Å²) in [5, 5.41) is 34.6. The zero-order chi connectivity index (χ0) is 25.3. The monoisotopic (exact) mass is 478 g/mol. The lowest BCUT2D eigenvalue weighted by Crippen LogP contribution is -2.83. The fraction of sp³-hybridized carbons (Fsp3) is 0.680. The third kappa shape index (κ3) is 3.28. The van der Waals surface area contributed by atoms with Gasteiger partial charge in [-0.05, 0) is 39.8 Å². The highest BCUT2D eigenvalue weighted by Gasteiger charge is 2.85. The van der Waals surface area contributed by atoms with Gasteiger partial charge in [-0.1, -0.05) is 18.2 Å². The smallest absolute Gasteiger partial charge is 0.303 e. The van der Waals surface area contributed by atoms with Crippen molar-refractivity contribution in [2.24, 2.45) is 11.3 Å². The summed E-state index contributed by atoms with van der Waals surface area (Å²) in [7, 11) is 0. The Morgan fingerprint density at radius 1 is 0.971 bits per heavy atom. The maximum atomic E-state index is 12.2. The fourth-order valence-electron chi connectivity index (χ4n) is 6.91. The Kier molecular flexibility index (Phi) is 5.80. The molecule has 188 valence electrons. The van der Waals surface area contributed by atoms with Crippen LogP contribution in [-0.2, 0) is 23.8 Å². The van der Waals surface area contributed by atoms with E-state index in [1.165, 1.54) is 20.8 Å². The highest BCUT2D eigenvalue weighted by Crippen LogP contribution is 2.68. The summed E-state index contributed by atoms with van der Waals surface area (Å²) in [6.07, 6.45) is -6.17. The van der Waals surface area contributed by atoms with Gasteiger partial charge < -0.3 is 34.3 Å². The molecule has 3 N–H and O–H groups in total. The molecule has 9 heteroatoms. The van der Waals surface area contributed by atoms with Crippen molar-refractivity contribution in [3.05, 3.63) is 30.3 Å². The minimum Gasteiger partial charge on any atom is -0.486 e. The van der Waals surface area contributed by atoms with Gasteiger partial charge in [0.15, 0.2) is 0 Å². The van der Waals surface area contributed by atoms with Crippen LogP contribution in [0.15, 0.2) is 30.3 Å². The Bertz CT molecular complexity index is 960. The van der Waals surface area contributed by atoms with Crippen LogP contribution in [0.5, 0.6) is 5.75 Å². The number of benzene rings is 1. The van der Waals surface area contributed by atoms with Crippen molar-refractivity contribution >= 4 is 11.9 Å². The molecule has 2 bridgehead atoms. The van der Waals surface area contributed by atoms with E-state index in [9.17, 15) is 24.9 Å². The molecule has 9 atom stereocenters. The van der Waals surface area contributed by atoms with Gasteiger partial charge in [0.05, 0.1) is 34.7 Å². The summed E-state index contributed by atoms with van der Waals surface area (Å²) >= 11 is 0. The number of para-hydroxylation sites is 1. The summed E-state index contributed by atoms with van der Waals surface area (Å²) in [6.45, 7) is 9.11. The van der Waals surface area contributed by atoms with Crippen molar-refractivity contribution in [1.29, 1.82) is 0 Å². The van der Waals surface area contributed by atoms with Gasteiger partial charge in [-0.25, -0.2) is 0 Å². The van der Waals surface area contributed by atoms with Crippen LogP contribution >= 0.6 is 0 Å². The third-order valence-corrected chi connectivity index (χ3v) is 7.98. The summed E-state index contributed by atoms with van der Waals surface area (Å²) in [6, 6.07) is 8.81. The molecule has 0 radical (unpaired) electrons. The zero-order valence-corrected chi connectivity index (χ0v) is 20.3. The Labute approximate surface area is 199 Å². The summed E-state index contributed by atoms with van der Waals surface area (Å²) in [4.78, 5) is 24.4. The Morgan fingerprint density at radius 2 is 1.56 bits per heavy atom. The first-order valence-electron chi connectivity index (χ1n) is 11.5. The topological polar surface area (TPSA) is 132 Å². The number of ether oxygens (including phenoxy) is 4. The molecule has 0 aromatic heterocycles. The molecule has 2 saturated carbocycles. The number of carbonyl (C=O) groups excluding carboxylic acids is 2. The van der Waals surface area contributed by atoms with Crippen LogP contribution in [0.2, 0.25) is 0 Å². The van der Waals surface area contributed by atoms with E-state index >= 15 is 0 Å². The standard InChI is InChI=1S/C25H34O9/c1-13(26)31-18-17-19(29)25(34-22(17,3)4)23(5,30)12-16(28)20(32-14(2)27)24(25,6)21(18)33-15-10-8-7-9-11-15/h7-11,16-21,28-30H,12H2,1-6H3. The van der Waals surface area contributed by atoms with Crippen molar-refractivity contribution in [1.82, 2.24) is 0 Å². The van der Waals surface area contributed by atoms with Crippen LogP contribution in [0.4, 0.5) is 0 Å². The number of rotatable bonds is 4. The van der Waals surface area contributed by atoms with E-state index in [-0.39, 0.29) is 6.42 Å². The van der Waals surface area contributed by atoms with Crippen LogP contribution < -0.4 is 4.74 Å². The van der Waals surface area contributed by atoms with Crippen molar-refractivity contribution in [2.45, 2.75) is 95.3 Å². The van der Waals surface area contributed by atoms with Gasteiger partial charge in [0.2, 0.25) is 0 Å². The molecule has 1 spiro atoms. The quantitative estimate of drug-likeness (QED) is 0.549. The number of esters is 2. The SMILES string of the molecule is CC(=O)OC1C2C(O)C3(OC2(C)C)C(C)(O)CC(O)C(OC(C)=O)C3(C)C1Oc1ccccc1. The van der Waals surface area contributed by atoms with Crippen LogP contribution in [-0.4, -0.2) is 74.6 Å². The van der Waals surface area contributed by atoms with E-state index in [2.05, 4.69) is 0 Å². The second kappa shape index (κ2) is 7.91. The first kappa shape index (κ1) is 24.9. The van der Waals surface area contributed by atoms with Crippen molar-refractivity contribution in [3.8, 4) is 5.75 Å². The maximum Gasteiger partial charge on any atom is 0.303 e. The van der Waals surface area contributed by atoms with E-state index < -0.39 is 70.6 Å².